The summed E-state index contributed by atoms with van der Waals surface area (Å²) in [5.74, 6) is -0.117. The Morgan fingerprint density at radius 2 is 1.61 bits per heavy atom. The first kappa shape index (κ1) is 22.5. The van der Waals surface area contributed by atoms with Crippen LogP contribution >= 0.6 is 0 Å². The fourth-order valence-corrected chi connectivity index (χ4v) is 3.77. The molecule has 1 fully saturated rings. The van der Waals surface area contributed by atoms with E-state index in [2.05, 4.69) is 17.6 Å². The van der Waals surface area contributed by atoms with Crippen LogP contribution in [0.15, 0.2) is 54.6 Å². The quantitative estimate of drug-likeness (QED) is 0.620. The number of hydrogen-bond acceptors (Lipinski definition) is 3. The summed E-state index contributed by atoms with van der Waals surface area (Å²) in [7, 11) is 0. The Kier molecular flexibility index (Phi) is 8.21. The van der Waals surface area contributed by atoms with Gasteiger partial charge in [-0.3, -0.25) is 9.59 Å². The maximum atomic E-state index is 12.4. The highest BCUT2D eigenvalue weighted by Gasteiger charge is 2.24. The van der Waals surface area contributed by atoms with Gasteiger partial charge < -0.3 is 15.5 Å². The number of benzene rings is 2. The van der Waals surface area contributed by atoms with Crippen molar-refractivity contribution in [3.05, 3.63) is 65.7 Å². The average Bonchev–Trinajstić information content (AvgIpc) is 2.79. The molecule has 3 amide bonds. The number of para-hydroxylation sites is 1. The van der Waals surface area contributed by atoms with Gasteiger partial charge in [0.25, 0.3) is 0 Å². The minimum Gasteiger partial charge on any atom is -0.353 e. The van der Waals surface area contributed by atoms with Gasteiger partial charge >= 0.3 is 6.03 Å². The summed E-state index contributed by atoms with van der Waals surface area (Å²) >= 11 is 0. The fourth-order valence-electron chi connectivity index (χ4n) is 3.77. The Bertz CT molecular complexity index is 873. The molecule has 0 radical (unpaired) electrons. The van der Waals surface area contributed by atoms with E-state index in [-0.39, 0.29) is 36.6 Å². The number of nitrogens with zero attached hydrogens (tertiary/aromatic N) is 1. The van der Waals surface area contributed by atoms with Crippen molar-refractivity contribution in [2.24, 2.45) is 0 Å². The van der Waals surface area contributed by atoms with E-state index in [1.165, 1.54) is 5.56 Å². The normalized spacial score (nSPS) is 14.2. The number of amides is 3. The highest BCUT2D eigenvalue weighted by atomic mass is 16.2. The molecule has 2 aromatic carbocycles. The number of rotatable bonds is 8. The molecule has 0 aliphatic carbocycles. The van der Waals surface area contributed by atoms with E-state index >= 15 is 0 Å². The van der Waals surface area contributed by atoms with Crippen LogP contribution in [0.2, 0.25) is 0 Å². The van der Waals surface area contributed by atoms with Gasteiger partial charge in [0.1, 0.15) is 0 Å². The largest absolute Gasteiger partial charge is 0.353 e. The Balaban J connectivity index is 1.36. The van der Waals surface area contributed by atoms with E-state index in [1.807, 2.05) is 54.6 Å². The molecule has 1 aliphatic heterocycles. The Morgan fingerprint density at radius 1 is 0.935 bits per heavy atom. The molecule has 0 spiro atoms. The van der Waals surface area contributed by atoms with Gasteiger partial charge in [0.05, 0.1) is 0 Å². The molecule has 1 saturated heterocycles. The summed E-state index contributed by atoms with van der Waals surface area (Å²) in [6.07, 6.45) is 3.89. The lowest BCUT2D eigenvalue weighted by Gasteiger charge is -2.32. The molecule has 2 N–H and O–H groups in total. The third-order valence-electron chi connectivity index (χ3n) is 5.57. The molecule has 0 bridgehead atoms. The van der Waals surface area contributed by atoms with E-state index in [9.17, 15) is 14.4 Å². The Hall–Kier alpha value is -3.15. The van der Waals surface area contributed by atoms with Gasteiger partial charge in [0.15, 0.2) is 5.78 Å². The summed E-state index contributed by atoms with van der Waals surface area (Å²) in [6.45, 7) is 3.31. The van der Waals surface area contributed by atoms with Gasteiger partial charge in [-0.15, -0.1) is 0 Å². The molecule has 31 heavy (non-hydrogen) atoms. The summed E-state index contributed by atoms with van der Waals surface area (Å²) in [5, 5.41) is 5.90. The van der Waals surface area contributed by atoms with Gasteiger partial charge in [0, 0.05) is 43.2 Å². The van der Waals surface area contributed by atoms with Crippen LogP contribution in [0, 0.1) is 0 Å². The van der Waals surface area contributed by atoms with Crippen LogP contribution in [-0.2, 0) is 11.2 Å². The van der Waals surface area contributed by atoms with Crippen LogP contribution < -0.4 is 10.6 Å². The van der Waals surface area contributed by atoms with Crippen LogP contribution in [0.25, 0.3) is 0 Å². The molecule has 0 saturated carbocycles. The maximum Gasteiger partial charge on any atom is 0.321 e. The molecule has 0 aromatic heterocycles. The molecule has 2 aromatic rings. The number of carbonyl (C=O) groups is 3. The number of urea groups is 1. The van der Waals surface area contributed by atoms with Crippen molar-refractivity contribution in [1.29, 1.82) is 0 Å². The molecule has 6 nitrogen and oxygen atoms in total. The molecular weight excluding hydrogens is 390 g/mol. The van der Waals surface area contributed by atoms with E-state index in [0.29, 0.717) is 31.5 Å². The van der Waals surface area contributed by atoms with E-state index in [1.54, 1.807) is 4.90 Å². The molecule has 3 rings (SSSR count). The second-order valence-electron chi connectivity index (χ2n) is 8.00. The van der Waals surface area contributed by atoms with Crippen molar-refractivity contribution < 1.29 is 14.4 Å². The van der Waals surface area contributed by atoms with Gasteiger partial charge in [-0.2, -0.15) is 0 Å². The number of carbonyl (C=O) groups excluding carboxylic acids is 3. The first-order valence-corrected chi connectivity index (χ1v) is 11.1. The second-order valence-corrected chi connectivity index (χ2v) is 8.00. The topological polar surface area (TPSA) is 78.5 Å². The van der Waals surface area contributed by atoms with Gasteiger partial charge in [-0.05, 0) is 37.0 Å². The third kappa shape index (κ3) is 6.95. The number of Topliss-reactive ketones (excluding diaryl/α,β-unsaturated/α-hetero) is 1. The number of nitrogens with one attached hydrogen (secondary N) is 2. The molecule has 1 aliphatic rings. The average molecular weight is 422 g/mol. The molecule has 0 unspecified atom stereocenters. The lowest BCUT2D eigenvalue weighted by atomic mass is 10.0. The summed E-state index contributed by atoms with van der Waals surface area (Å²) in [6, 6.07) is 17.0. The lowest BCUT2D eigenvalue weighted by Crippen LogP contribution is -2.47. The number of anilines is 1. The Morgan fingerprint density at radius 3 is 2.26 bits per heavy atom. The van der Waals surface area contributed by atoms with Crippen LogP contribution in [-0.4, -0.2) is 41.8 Å². The first-order chi connectivity index (χ1) is 15.0. The van der Waals surface area contributed by atoms with Crippen LogP contribution in [0.1, 0.15) is 54.9 Å². The molecule has 6 heteroatoms. The third-order valence-corrected chi connectivity index (χ3v) is 5.57. The van der Waals surface area contributed by atoms with Crippen LogP contribution in [0.5, 0.6) is 0 Å². The van der Waals surface area contributed by atoms with Crippen molar-refractivity contribution in [3.63, 3.8) is 0 Å². The van der Waals surface area contributed by atoms with Crippen molar-refractivity contribution in [2.75, 3.05) is 18.4 Å². The minimum absolute atomic E-state index is 0.00870. The summed E-state index contributed by atoms with van der Waals surface area (Å²) in [5.41, 5.74) is 2.65. The van der Waals surface area contributed by atoms with Crippen molar-refractivity contribution in [2.45, 2.75) is 51.5 Å². The SMILES string of the molecule is CCCc1ccc(C(=O)CCC(=O)NC2CCN(C(=O)Nc3ccccc3)CC2)cc1. The first-order valence-electron chi connectivity index (χ1n) is 11.1. The van der Waals surface area contributed by atoms with Gasteiger partial charge in [-0.25, -0.2) is 4.79 Å². The second kappa shape index (κ2) is 11.3. The number of aryl methyl sites for hydroxylation is 1. The molecular formula is C25H31N3O3. The van der Waals surface area contributed by atoms with Gasteiger partial charge in [-0.1, -0.05) is 55.8 Å². The lowest BCUT2D eigenvalue weighted by molar-refractivity contribution is -0.122. The van der Waals surface area contributed by atoms with Crippen LogP contribution in [0.3, 0.4) is 0 Å². The van der Waals surface area contributed by atoms with Crippen molar-refractivity contribution in [1.82, 2.24) is 10.2 Å². The minimum atomic E-state index is -0.119. The monoisotopic (exact) mass is 421 g/mol. The zero-order chi connectivity index (χ0) is 22.1. The Labute approximate surface area is 184 Å². The highest BCUT2D eigenvalue weighted by molar-refractivity contribution is 5.98. The molecule has 164 valence electrons. The standard InChI is InChI=1S/C25H31N3O3/c1-2-6-19-9-11-20(12-10-19)23(29)13-14-24(30)26-22-15-17-28(18-16-22)25(31)27-21-7-4-3-5-8-21/h3-5,7-12,22H,2,6,13-18H2,1H3,(H,26,30)(H,27,31). The van der Waals surface area contributed by atoms with E-state index in [4.69, 9.17) is 0 Å². The summed E-state index contributed by atoms with van der Waals surface area (Å²) in [4.78, 5) is 38.8. The predicted molar refractivity (Wildman–Crippen MR) is 122 cm³/mol. The zero-order valence-corrected chi connectivity index (χ0v) is 18.1. The number of hydrogen-bond donors (Lipinski definition) is 2. The zero-order valence-electron chi connectivity index (χ0n) is 18.1. The number of piperidine rings is 1. The van der Waals surface area contributed by atoms with Gasteiger partial charge in [0.2, 0.25) is 5.91 Å². The number of ketones is 1. The fraction of sp³-hybridized carbons (Fsp3) is 0.400. The maximum absolute atomic E-state index is 12.4. The smallest absolute Gasteiger partial charge is 0.321 e. The molecule has 0 atom stereocenters. The summed E-state index contributed by atoms with van der Waals surface area (Å²) < 4.78 is 0. The predicted octanol–water partition coefficient (Wildman–Crippen LogP) is 4.41. The van der Waals surface area contributed by atoms with Crippen LogP contribution in [0.4, 0.5) is 10.5 Å². The molecule has 1 heterocycles. The van der Waals surface area contributed by atoms with E-state index < -0.39 is 0 Å². The van der Waals surface area contributed by atoms with E-state index in [0.717, 1.165) is 18.5 Å². The number of likely N-dealkylation sites (tertiary alicyclic amines) is 1. The van der Waals surface area contributed by atoms with Crippen molar-refractivity contribution in [3.8, 4) is 0 Å². The highest BCUT2D eigenvalue weighted by Crippen LogP contribution is 2.14. The van der Waals surface area contributed by atoms with Crippen molar-refractivity contribution >= 4 is 23.4 Å².